The largest absolute Gasteiger partial charge is 1.00 e. The van der Waals surface area contributed by atoms with Gasteiger partial charge in [-0.3, -0.25) is 4.79 Å². The van der Waals surface area contributed by atoms with Gasteiger partial charge in [-0.1, -0.05) is 12.9 Å². The van der Waals surface area contributed by atoms with E-state index in [9.17, 15) is 13.2 Å². The molecule has 1 N–H and O–H groups in total. The Kier molecular flexibility index (Phi) is 5.64. The number of hydrogen-bond acceptors (Lipinski definition) is 4. The van der Waals surface area contributed by atoms with E-state index in [1.165, 1.54) is 11.1 Å². The van der Waals surface area contributed by atoms with Crippen LogP contribution in [0.3, 0.4) is 0 Å². The summed E-state index contributed by atoms with van der Waals surface area (Å²) in [6.45, 7) is -5.44. The number of sulfonamides is 1. The number of likely N-dealkylation sites (tertiary alicyclic amines) is 1. The predicted molar refractivity (Wildman–Crippen MR) is 107 cm³/mol. The number of anilines is 1. The van der Waals surface area contributed by atoms with Crippen molar-refractivity contribution < 1.29 is 71.5 Å². The van der Waals surface area contributed by atoms with Gasteiger partial charge in [0.2, 0.25) is 0 Å². The zero-order valence-electron chi connectivity index (χ0n) is 21.3. The zero-order valence-corrected chi connectivity index (χ0v) is 20.2. The summed E-state index contributed by atoms with van der Waals surface area (Å²) in [5.41, 5.74) is 5.36. The summed E-state index contributed by atoms with van der Waals surface area (Å²) in [6.07, 6.45) is 5.70. The topological polar surface area (TPSA) is 80.6 Å². The molecule has 0 spiro atoms. The van der Waals surface area contributed by atoms with Gasteiger partial charge < -0.3 is 14.9 Å². The Hall–Kier alpha value is 0.0364. The molecular weight excluding hydrogens is 401 g/mol. The van der Waals surface area contributed by atoms with E-state index in [0.717, 1.165) is 60.2 Å². The van der Waals surface area contributed by atoms with Gasteiger partial charge in [-0.05, 0) is 98.9 Å². The summed E-state index contributed by atoms with van der Waals surface area (Å²) < 4.78 is 66.8. The maximum atomic E-state index is 12.8. The van der Waals surface area contributed by atoms with Gasteiger partial charge in [-0.15, -0.1) is 0 Å². The zero-order chi connectivity index (χ0) is 23.3. The van der Waals surface area contributed by atoms with Crippen LogP contribution in [0.4, 0.5) is 10.5 Å². The minimum absolute atomic E-state index is 0. The summed E-state index contributed by atoms with van der Waals surface area (Å²) >= 11 is 0. The number of carbonyl (C=O) groups excluding carboxylic acids is 1. The third-order valence-electron chi connectivity index (χ3n) is 5.94. The van der Waals surface area contributed by atoms with Gasteiger partial charge in [0.25, 0.3) is 0 Å². The van der Waals surface area contributed by atoms with E-state index in [0.29, 0.717) is 0 Å². The molecular formula is C20H28KN3O3S. The molecule has 1 aromatic rings. The van der Waals surface area contributed by atoms with Crippen molar-refractivity contribution in [2.24, 2.45) is 0 Å². The summed E-state index contributed by atoms with van der Waals surface area (Å²) in [5, 5.41) is 1.82. The van der Waals surface area contributed by atoms with Crippen LogP contribution in [0.15, 0.2) is 6.07 Å². The van der Waals surface area contributed by atoms with Crippen LogP contribution in [0.1, 0.15) is 61.6 Å². The van der Waals surface area contributed by atoms with Crippen molar-refractivity contribution in [2.45, 2.75) is 63.5 Å². The van der Waals surface area contributed by atoms with E-state index in [1.54, 1.807) is 0 Å². The van der Waals surface area contributed by atoms with Crippen LogP contribution in [-0.2, 0) is 35.7 Å². The number of amides is 2. The van der Waals surface area contributed by atoms with Gasteiger partial charge in [0.1, 0.15) is 0 Å². The molecule has 8 heteroatoms. The van der Waals surface area contributed by atoms with Gasteiger partial charge in [0, 0.05) is 6.85 Å². The van der Waals surface area contributed by atoms with E-state index >= 15 is 0 Å². The molecule has 1 aliphatic heterocycles. The van der Waals surface area contributed by atoms with Crippen molar-refractivity contribution in [3.8, 4) is 0 Å². The number of carbonyl (C=O) groups is 1. The molecule has 6 nitrogen and oxygen atoms in total. The van der Waals surface area contributed by atoms with Gasteiger partial charge in [-0.2, -0.15) is 0 Å². The fraction of sp³-hybridized carbons (Fsp3) is 0.650. The average Bonchev–Trinajstić information content (AvgIpc) is 3.36. The SMILES string of the molecule is [2H]C([2H])([2H])C([2H])([2H])N1CCC(S(=O)(=O)[N-]C(=O)Nc2c3c(cc4c2CCC4)CCC3)CC1.[K+]. The van der Waals surface area contributed by atoms with Crippen molar-refractivity contribution in [1.29, 1.82) is 0 Å². The van der Waals surface area contributed by atoms with Gasteiger partial charge in [-0.25, -0.2) is 8.42 Å². The molecule has 0 aromatic heterocycles. The molecule has 1 aromatic carbocycles. The second-order valence-electron chi connectivity index (χ2n) is 7.57. The van der Waals surface area contributed by atoms with Crippen molar-refractivity contribution in [2.75, 3.05) is 24.9 Å². The molecule has 1 saturated heterocycles. The third kappa shape index (κ3) is 4.68. The molecule has 0 radical (unpaired) electrons. The first-order chi connectivity index (χ1) is 14.9. The number of hydrogen-bond donors (Lipinski definition) is 1. The van der Waals surface area contributed by atoms with Gasteiger partial charge >= 0.3 is 51.4 Å². The molecule has 4 rings (SSSR count). The van der Waals surface area contributed by atoms with E-state index in [-0.39, 0.29) is 77.3 Å². The Morgan fingerprint density at radius 1 is 1.21 bits per heavy atom. The maximum absolute atomic E-state index is 12.8. The Balaban J connectivity index is 0.00000306. The first-order valence-electron chi connectivity index (χ1n) is 12.1. The minimum Gasteiger partial charge on any atom is -0.423 e. The number of benzene rings is 1. The van der Waals surface area contributed by atoms with Crippen molar-refractivity contribution in [3.05, 3.63) is 33.0 Å². The molecule has 2 amide bonds. The molecule has 1 heterocycles. The predicted octanol–water partition coefficient (Wildman–Crippen LogP) is 0.388. The summed E-state index contributed by atoms with van der Waals surface area (Å²) in [4.78, 5) is 13.8. The average molecular weight is 435 g/mol. The standard InChI is InChI=1S/C20H29N3O3S.K/c1-2-23-11-9-16(10-12-23)27(25,26)22-20(24)21-19-17-7-3-5-14(17)13-15-6-4-8-18(15)19;/h13,16H,2-12H2,1H3,(H2,21,22,24);/q;+1/p-1/i1D3,2D2;. The first kappa shape index (κ1) is 16.7. The van der Waals surface area contributed by atoms with Crippen LogP contribution < -0.4 is 56.7 Å². The molecule has 0 saturated carbocycles. The second-order valence-corrected chi connectivity index (χ2v) is 9.45. The Morgan fingerprint density at radius 3 is 2.39 bits per heavy atom. The fourth-order valence-electron chi connectivity index (χ4n) is 4.55. The van der Waals surface area contributed by atoms with Crippen molar-refractivity contribution >= 4 is 21.7 Å². The molecule has 3 aliphatic rings. The maximum Gasteiger partial charge on any atom is 1.00 e. The second kappa shape index (κ2) is 9.45. The van der Waals surface area contributed by atoms with Crippen molar-refractivity contribution in [3.63, 3.8) is 0 Å². The van der Waals surface area contributed by atoms with Crippen LogP contribution >= 0.6 is 0 Å². The number of nitrogens with zero attached hydrogens (tertiary/aromatic N) is 2. The van der Waals surface area contributed by atoms with Crippen molar-refractivity contribution in [1.82, 2.24) is 4.90 Å². The number of urea groups is 1. The van der Waals surface area contributed by atoms with Crippen LogP contribution in [0.25, 0.3) is 4.72 Å². The fourth-order valence-corrected chi connectivity index (χ4v) is 5.78. The molecule has 0 unspecified atom stereocenters. The number of nitrogens with one attached hydrogen (secondary N) is 1. The molecule has 1 fully saturated rings. The molecule has 0 bridgehead atoms. The van der Waals surface area contributed by atoms with E-state index in [2.05, 4.69) is 16.1 Å². The normalized spacial score (nSPS) is 23.2. The molecule has 2 aliphatic carbocycles. The van der Waals surface area contributed by atoms with E-state index in [4.69, 9.17) is 6.85 Å². The van der Waals surface area contributed by atoms with Crippen LogP contribution in [0, 0.1) is 0 Å². The van der Waals surface area contributed by atoms with Crippen LogP contribution in [0.2, 0.25) is 0 Å². The minimum atomic E-state index is -4.11. The Bertz CT molecular complexity index is 993. The van der Waals surface area contributed by atoms with Gasteiger partial charge in [0.15, 0.2) is 16.1 Å². The Labute approximate surface area is 217 Å². The molecule has 148 valence electrons. The number of rotatable bonds is 4. The van der Waals surface area contributed by atoms with E-state index in [1.807, 2.05) is 0 Å². The monoisotopic (exact) mass is 434 g/mol. The van der Waals surface area contributed by atoms with Crippen LogP contribution in [-0.4, -0.2) is 44.2 Å². The third-order valence-corrected chi connectivity index (χ3v) is 7.67. The van der Waals surface area contributed by atoms with Gasteiger partial charge in [0.05, 0.1) is 5.25 Å². The summed E-state index contributed by atoms with van der Waals surface area (Å²) in [5.74, 6) is 0. The smallest absolute Gasteiger partial charge is 0.423 e. The molecule has 0 atom stereocenters. The summed E-state index contributed by atoms with van der Waals surface area (Å²) in [7, 11) is -4.11. The first-order valence-corrected chi connectivity index (χ1v) is 11.1. The summed E-state index contributed by atoms with van der Waals surface area (Å²) in [6, 6.07) is 1.32. The number of aryl methyl sites for hydroxylation is 2. The number of piperidine rings is 1. The Morgan fingerprint density at radius 2 is 1.82 bits per heavy atom. The number of fused-ring (bicyclic) bond motifs is 2. The quantitative estimate of drug-likeness (QED) is 0.695. The van der Waals surface area contributed by atoms with E-state index < -0.39 is 34.7 Å². The van der Waals surface area contributed by atoms with Crippen LogP contribution in [0.5, 0.6) is 0 Å². The molecule has 28 heavy (non-hydrogen) atoms.